The number of hydrogen-bond acceptors (Lipinski definition) is 4. The van der Waals surface area contributed by atoms with Gasteiger partial charge in [-0.15, -0.1) is 0 Å². The Hall–Kier alpha value is -3.76. The first-order valence-electron chi connectivity index (χ1n) is 11.6. The number of alkyl halides is 3. The standard InChI is InChI=1S/C25H27F3N4O4/c1-16(2)29-21(33)13-7-8-14-31-23(35)17-9-3-6-12-20(17)32(24(31)36)15-22(34)30-19-11-5-4-10-18(19)25(26,27)28/h3-6,9-12,16-17H,7-8,13-15H2,1-2H3,(H-,29,30,33,34)/p+1. The van der Waals surface area contributed by atoms with Gasteiger partial charge in [-0.1, -0.05) is 30.4 Å². The van der Waals surface area contributed by atoms with Crippen molar-refractivity contribution in [1.82, 2.24) is 10.2 Å². The first-order chi connectivity index (χ1) is 17.0. The zero-order valence-electron chi connectivity index (χ0n) is 20.0. The summed E-state index contributed by atoms with van der Waals surface area (Å²) in [6.07, 6.45) is 2.78. The van der Waals surface area contributed by atoms with Crippen LogP contribution in [0.25, 0.3) is 0 Å². The number of fused-ring (bicyclic) bond motifs is 1. The Bertz CT molecular complexity index is 1140. The van der Waals surface area contributed by atoms with Crippen molar-refractivity contribution in [3.63, 3.8) is 0 Å². The molecule has 0 radical (unpaired) electrons. The second kappa shape index (κ2) is 11.3. The van der Waals surface area contributed by atoms with Crippen LogP contribution in [0.2, 0.25) is 0 Å². The summed E-state index contributed by atoms with van der Waals surface area (Å²) in [5, 5.41) is 5.00. The van der Waals surface area contributed by atoms with Crippen LogP contribution >= 0.6 is 0 Å². The zero-order valence-corrected chi connectivity index (χ0v) is 20.0. The molecule has 3 rings (SSSR count). The number of nitrogens with zero attached hydrogens (tertiary/aromatic N) is 2. The maximum absolute atomic E-state index is 13.3. The number of imide groups is 1. The molecule has 5 amide bonds. The van der Waals surface area contributed by atoms with Crippen LogP contribution in [-0.2, 0) is 20.6 Å². The summed E-state index contributed by atoms with van der Waals surface area (Å²) in [5.74, 6) is -2.22. The SMILES string of the molecule is CC(C)NC(=O)CCCCN1C(=O)C2C=CC=CC2=[N+](CC(=O)Nc2ccccc2C(F)(F)F)C1=O. The number of unbranched alkanes of at least 4 members (excludes halogenated alkanes) is 1. The topological polar surface area (TPSA) is 98.6 Å². The third-order valence-corrected chi connectivity index (χ3v) is 5.60. The number of allylic oxidation sites excluding steroid dienone is 3. The quantitative estimate of drug-likeness (QED) is 0.397. The minimum Gasteiger partial charge on any atom is -0.354 e. The number of para-hydroxylation sites is 1. The van der Waals surface area contributed by atoms with Gasteiger partial charge in [-0.05, 0) is 44.9 Å². The van der Waals surface area contributed by atoms with Crippen LogP contribution in [0, 0.1) is 5.92 Å². The molecule has 0 aromatic heterocycles. The minimum absolute atomic E-state index is 0.00523. The predicted octanol–water partition coefficient (Wildman–Crippen LogP) is 3.50. The lowest BCUT2D eigenvalue weighted by molar-refractivity contribution is -0.427. The highest BCUT2D eigenvalue weighted by atomic mass is 19.4. The lowest BCUT2D eigenvalue weighted by Crippen LogP contribution is -2.55. The van der Waals surface area contributed by atoms with Gasteiger partial charge in [0.2, 0.25) is 5.91 Å². The lowest BCUT2D eigenvalue weighted by Gasteiger charge is -2.26. The molecule has 1 aromatic carbocycles. The predicted molar refractivity (Wildman–Crippen MR) is 126 cm³/mol. The van der Waals surface area contributed by atoms with Gasteiger partial charge in [0.25, 0.3) is 5.91 Å². The highest BCUT2D eigenvalue weighted by Crippen LogP contribution is 2.34. The molecule has 1 unspecified atom stereocenters. The molecule has 192 valence electrons. The molecule has 0 spiro atoms. The van der Waals surface area contributed by atoms with Crippen molar-refractivity contribution in [3.8, 4) is 0 Å². The van der Waals surface area contributed by atoms with Crippen molar-refractivity contribution in [2.45, 2.75) is 45.3 Å². The summed E-state index contributed by atoms with van der Waals surface area (Å²) in [7, 11) is 0. The van der Waals surface area contributed by atoms with E-state index in [0.29, 0.717) is 12.8 Å². The average molecular weight is 506 g/mol. The largest absolute Gasteiger partial charge is 0.501 e. The van der Waals surface area contributed by atoms with E-state index in [4.69, 9.17) is 0 Å². The van der Waals surface area contributed by atoms with E-state index in [1.165, 1.54) is 18.2 Å². The molecule has 36 heavy (non-hydrogen) atoms. The molecule has 8 nitrogen and oxygen atoms in total. The van der Waals surface area contributed by atoms with Crippen molar-refractivity contribution in [2.75, 3.05) is 18.4 Å². The normalized spacial score (nSPS) is 17.5. The van der Waals surface area contributed by atoms with Gasteiger partial charge in [0.1, 0.15) is 11.6 Å². The average Bonchev–Trinajstić information content (AvgIpc) is 2.80. The Labute approximate surface area is 206 Å². The molecule has 0 saturated heterocycles. The summed E-state index contributed by atoms with van der Waals surface area (Å²) in [6, 6.07) is 3.81. The van der Waals surface area contributed by atoms with Crippen LogP contribution in [0.15, 0.2) is 48.6 Å². The van der Waals surface area contributed by atoms with Gasteiger partial charge in [-0.3, -0.25) is 9.59 Å². The number of amides is 5. The van der Waals surface area contributed by atoms with E-state index in [1.807, 2.05) is 13.8 Å². The van der Waals surface area contributed by atoms with Gasteiger partial charge < -0.3 is 10.6 Å². The Morgan fingerprint density at radius 2 is 1.81 bits per heavy atom. The lowest BCUT2D eigenvalue weighted by atomic mass is 9.94. The van der Waals surface area contributed by atoms with E-state index in [-0.39, 0.29) is 30.6 Å². The van der Waals surface area contributed by atoms with Gasteiger partial charge >= 0.3 is 18.1 Å². The molecule has 1 atom stereocenters. The molecular formula is C25H28F3N4O4+. The number of halogens is 3. The summed E-state index contributed by atoms with van der Waals surface area (Å²) in [6.45, 7) is 3.16. The molecule has 1 aliphatic heterocycles. The van der Waals surface area contributed by atoms with Gasteiger partial charge in [-0.2, -0.15) is 27.4 Å². The van der Waals surface area contributed by atoms with Crippen molar-refractivity contribution >= 4 is 35.2 Å². The molecule has 2 N–H and O–H groups in total. The van der Waals surface area contributed by atoms with Gasteiger partial charge in [0.15, 0.2) is 6.54 Å². The fourth-order valence-electron chi connectivity index (χ4n) is 4.00. The van der Waals surface area contributed by atoms with Crippen LogP contribution in [0.3, 0.4) is 0 Å². The highest BCUT2D eigenvalue weighted by molar-refractivity contribution is 6.17. The van der Waals surface area contributed by atoms with Gasteiger partial charge in [-0.25, -0.2) is 4.79 Å². The van der Waals surface area contributed by atoms with Crippen LogP contribution in [-0.4, -0.2) is 58.1 Å². The number of carbonyl (C=O) groups excluding carboxylic acids is 4. The maximum atomic E-state index is 13.3. The summed E-state index contributed by atoms with van der Waals surface area (Å²) >= 11 is 0. The molecule has 0 fully saturated rings. The summed E-state index contributed by atoms with van der Waals surface area (Å²) in [4.78, 5) is 51.7. The minimum atomic E-state index is -4.67. The molecule has 1 heterocycles. The van der Waals surface area contributed by atoms with Gasteiger partial charge in [0.05, 0.1) is 17.8 Å². The monoisotopic (exact) mass is 505 g/mol. The van der Waals surface area contributed by atoms with Crippen molar-refractivity contribution in [2.24, 2.45) is 5.92 Å². The number of urea groups is 1. The molecule has 1 aromatic rings. The van der Waals surface area contributed by atoms with E-state index >= 15 is 0 Å². The Morgan fingerprint density at radius 1 is 1.08 bits per heavy atom. The van der Waals surface area contributed by atoms with E-state index in [0.717, 1.165) is 21.6 Å². The van der Waals surface area contributed by atoms with E-state index in [1.54, 1.807) is 18.2 Å². The Morgan fingerprint density at radius 3 is 2.50 bits per heavy atom. The number of nitrogens with one attached hydrogen (secondary N) is 2. The number of hydrogen-bond donors (Lipinski definition) is 2. The maximum Gasteiger partial charge on any atom is 0.501 e. The molecular weight excluding hydrogens is 477 g/mol. The first kappa shape index (κ1) is 26.8. The second-order valence-electron chi connectivity index (χ2n) is 8.78. The molecule has 2 aliphatic rings. The van der Waals surface area contributed by atoms with Crippen LogP contribution < -0.4 is 10.6 Å². The van der Waals surface area contributed by atoms with Gasteiger partial charge in [0, 0.05) is 12.5 Å². The number of carbonyl (C=O) groups is 4. The Kier molecular flexibility index (Phi) is 8.44. The summed E-state index contributed by atoms with van der Waals surface area (Å²) < 4.78 is 41.0. The third-order valence-electron chi connectivity index (χ3n) is 5.60. The molecule has 11 heteroatoms. The molecule has 0 bridgehead atoms. The van der Waals surface area contributed by atoms with Crippen LogP contribution in [0.1, 0.15) is 38.7 Å². The van der Waals surface area contributed by atoms with Crippen molar-refractivity contribution in [3.05, 3.63) is 54.1 Å². The zero-order chi connectivity index (χ0) is 26.5. The van der Waals surface area contributed by atoms with Crippen LogP contribution in [0.4, 0.5) is 23.7 Å². The second-order valence-corrected chi connectivity index (χ2v) is 8.78. The first-order valence-corrected chi connectivity index (χ1v) is 11.6. The number of anilines is 1. The smallest absolute Gasteiger partial charge is 0.354 e. The number of rotatable bonds is 9. The van der Waals surface area contributed by atoms with E-state index < -0.39 is 47.7 Å². The fraction of sp³-hybridized carbons (Fsp3) is 0.400. The fourth-order valence-corrected chi connectivity index (χ4v) is 4.00. The molecule has 0 saturated carbocycles. The van der Waals surface area contributed by atoms with E-state index in [2.05, 4.69) is 10.6 Å². The van der Waals surface area contributed by atoms with Crippen molar-refractivity contribution in [1.29, 1.82) is 0 Å². The van der Waals surface area contributed by atoms with Crippen LogP contribution in [0.5, 0.6) is 0 Å². The third kappa shape index (κ3) is 6.46. The Balaban J connectivity index is 1.74. The molecule has 1 aliphatic carbocycles. The van der Waals surface area contributed by atoms with E-state index in [9.17, 15) is 32.3 Å². The highest BCUT2D eigenvalue weighted by Gasteiger charge is 2.47. The van der Waals surface area contributed by atoms with Crippen molar-refractivity contribution < 1.29 is 36.9 Å². The number of benzene rings is 1. The summed E-state index contributed by atoms with van der Waals surface area (Å²) in [5.41, 5.74) is -1.15.